The Labute approximate surface area is 111 Å². The Morgan fingerprint density at radius 1 is 1.29 bits per heavy atom. The Morgan fingerprint density at radius 3 is 2.47 bits per heavy atom. The van der Waals surface area contributed by atoms with Gasteiger partial charge in [0.2, 0.25) is 0 Å². The average Bonchev–Trinajstić information content (AvgIpc) is 2.30. The van der Waals surface area contributed by atoms with E-state index >= 15 is 0 Å². The smallest absolute Gasteiger partial charge is 0.417 e. The Kier molecular flexibility index (Phi) is 6.42. The van der Waals surface area contributed by atoms with Crippen LogP contribution in [0.15, 0.2) is 24.3 Å². The van der Waals surface area contributed by atoms with Gasteiger partial charge in [0, 0.05) is 10.8 Å². The molecule has 3 nitrogen and oxygen atoms in total. The van der Waals surface area contributed by atoms with Crippen LogP contribution in [-0.2, 0) is 9.09 Å². The van der Waals surface area contributed by atoms with Gasteiger partial charge < -0.3 is 4.52 Å². The van der Waals surface area contributed by atoms with Gasteiger partial charge in [0.15, 0.2) is 0 Å². The minimum absolute atomic E-state index is 0.363. The molecule has 0 radical (unpaired) electrons. The molecule has 1 aromatic carbocycles. The summed E-state index contributed by atoms with van der Waals surface area (Å²) in [4.78, 5) is 0. The lowest BCUT2D eigenvalue weighted by Crippen LogP contribution is -1.96. The Hall–Kier alpha value is -0.150. The maximum atomic E-state index is 12.3. The first kappa shape index (κ1) is 14.9. The van der Waals surface area contributed by atoms with E-state index in [9.17, 15) is 4.57 Å². The molecule has 96 valence electrons. The summed E-state index contributed by atoms with van der Waals surface area (Å²) in [5.74, 6) is 1.25. The van der Waals surface area contributed by atoms with Crippen LogP contribution < -0.4 is 4.52 Å². The summed E-state index contributed by atoms with van der Waals surface area (Å²) in [5, 5.41) is 0.616. The van der Waals surface area contributed by atoms with E-state index in [-0.39, 0.29) is 0 Å². The maximum Gasteiger partial charge on any atom is 0.440 e. The SMILES string of the molecule is CCCSP(=O)(OCC)Oc1ccc(Cl)cc1. The highest BCUT2D eigenvalue weighted by atomic mass is 35.5. The summed E-state index contributed by atoms with van der Waals surface area (Å²) in [6, 6.07) is 6.75. The Morgan fingerprint density at radius 2 is 1.94 bits per heavy atom. The Bertz CT molecular complexity index is 383. The van der Waals surface area contributed by atoms with Crippen LogP contribution in [0.5, 0.6) is 5.75 Å². The number of benzene rings is 1. The first-order chi connectivity index (χ1) is 8.09. The molecule has 1 aromatic rings. The molecule has 0 bridgehead atoms. The number of halogens is 1. The van der Waals surface area contributed by atoms with Gasteiger partial charge in [0.05, 0.1) is 6.61 Å². The fourth-order valence-electron chi connectivity index (χ4n) is 1.08. The van der Waals surface area contributed by atoms with E-state index in [2.05, 4.69) is 0 Å². The van der Waals surface area contributed by atoms with E-state index < -0.39 is 6.80 Å². The molecule has 0 saturated carbocycles. The molecule has 1 atom stereocenters. The molecular weight excluding hydrogens is 279 g/mol. The van der Waals surface area contributed by atoms with Gasteiger partial charge in [0.25, 0.3) is 0 Å². The van der Waals surface area contributed by atoms with Crippen LogP contribution in [0.2, 0.25) is 5.02 Å². The zero-order valence-electron chi connectivity index (χ0n) is 9.89. The molecule has 0 amide bonds. The largest absolute Gasteiger partial charge is 0.440 e. The molecule has 1 unspecified atom stereocenters. The molecule has 0 aromatic heterocycles. The topological polar surface area (TPSA) is 35.5 Å². The van der Waals surface area contributed by atoms with Gasteiger partial charge in [-0.3, -0.25) is 4.52 Å². The van der Waals surface area contributed by atoms with Crippen LogP contribution in [0.3, 0.4) is 0 Å². The molecular formula is C11H16ClO3PS. The molecule has 17 heavy (non-hydrogen) atoms. The summed E-state index contributed by atoms with van der Waals surface area (Å²) in [6.45, 7) is 1.08. The molecule has 0 heterocycles. The molecule has 0 spiro atoms. The molecule has 0 aliphatic heterocycles. The average molecular weight is 295 g/mol. The standard InChI is InChI=1S/C11H16ClO3PS/c1-3-9-17-16(13,14-4-2)15-11-7-5-10(12)6-8-11/h5-8H,3-4,9H2,1-2H3. The highest BCUT2D eigenvalue weighted by Gasteiger charge is 2.26. The third-order valence-corrected chi connectivity index (χ3v) is 5.98. The first-order valence-electron chi connectivity index (χ1n) is 5.44. The molecule has 1 rings (SSSR count). The van der Waals surface area contributed by atoms with Gasteiger partial charge in [-0.15, -0.1) is 0 Å². The second-order valence-corrected chi connectivity index (χ2v) is 7.80. The molecule has 0 aliphatic rings. The predicted octanol–water partition coefficient (Wildman–Crippen LogP) is 5.01. The van der Waals surface area contributed by atoms with Crippen molar-refractivity contribution in [3.05, 3.63) is 29.3 Å². The van der Waals surface area contributed by atoms with Crippen molar-refractivity contribution in [1.82, 2.24) is 0 Å². The van der Waals surface area contributed by atoms with Crippen molar-refractivity contribution in [2.24, 2.45) is 0 Å². The summed E-state index contributed by atoms with van der Waals surface area (Å²) < 4.78 is 23.0. The van der Waals surface area contributed by atoms with Crippen molar-refractivity contribution in [3.63, 3.8) is 0 Å². The molecule has 0 fully saturated rings. The maximum absolute atomic E-state index is 12.3. The minimum Gasteiger partial charge on any atom is -0.417 e. The van der Waals surface area contributed by atoms with Gasteiger partial charge in [-0.25, -0.2) is 4.57 Å². The van der Waals surface area contributed by atoms with Crippen LogP contribution in [0, 0.1) is 0 Å². The summed E-state index contributed by atoms with van der Waals surface area (Å²) in [6.07, 6.45) is 0.922. The second kappa shape index (κ2) is 7.32. The van der Waals surface area contributed by atoms with E-state index in [4.69, 9.17) is 20.6 Å². The van der Waals surface area contributed by atoms with E-state index in [1.165, 1.54) is 11.4 Å². The van der Waals surface area contributed by atoms with Crippen molar-refractivity contribution in [3.8, 4) is 5.75 Å². The first-order valence-corrected chi connectivity index (χ1v) is 8.95. The van der Waals surface area contributed by atoms with Crippen LogP contribution in [0.25, 0.3) is 0 Å². The van der Waals surface area contributed by atoms with Crippen LogP contribution in [0.1, 0.15) is 20.3 Å². The van der Waals surface area contributed by atoms with E-state index in [1.54, 1.807) is 31.2 Å². The lowest BCUT2D eigenvalue weighted by atomic mass is 10.3. The van der Waals surface area contributed by atoms with Gasteiger partial charge in [-0.05, 0) is 49.0 Å². The third-order valence-electron chi connectivity index (χ3n) is 1.77. The number of hydrogen-bond acceptors (Lipinski definition) is 4. The van der Waals surface area contributed by atoms with E-state index in [1.807, 2.05) is 6.92 Å². The van der Waals surface area contributed by atoms with Crippen LogP contribution >= 0.6 is 29.8 Å². The van der Waals surface area contributed by atoms with Gasteiger partial charge in [-0.1, -0.05) is 18.5 Å². The lowest BCUT2D eigenvalue weighted by molar-refractivity contribution is 0.296. The van der Waals surface area contributed by atoms with Gasteiger partial charge in [0.1, 0.15) is 5.75 Å². The van der Waals surface area contributed by atoms with Gasteiger partial charge in [-0.2, -0.15) is 0 Å². The van der Waals surface area contributed by atoms with E-state index in [0.717, 1.165) is 12.2 Å². The number of hydrogen-bond donors (Lipinski definition) is 0. The van der Waals surface area contributed by atoms with Crippen LogP contribution in [0.4, 0.5) is 0 Å². The van der Waals surface area contributed by atoms with E-state index in [0.29, 0.717) is 17.4 Å². The summed E-state index contributed by atoms with van der Waals surface area (Å²) in [5.41, 5.74) is 0. The normalized spacial score (nSPS) is 14.3. The molecule has 6 heteroatoms. The monoisotopic (exact) mass is 294 g/mol. The fourth-order valence-corrected chi connectivity index (χ4v) is 4.66. The molecule has 0 N–H and O–H groups in total. The van der Waals surface area contributed by atoms with Crippen molar-refractivity contribution in [2.45, 2.75) is 20.3 Å². The fraction of sp³-hybridized carbons (Fsp3) is 0.455. The Balaban J connectivity index is 2.71. The summed E-state index contributed by atoms with van der Waals surface area (Å²) >= 11 is 6.99. The van der Waals surface area contributed by atoms with Crippen molar-refractivity contribution >= 4 is 29.8 Å². The second-order valence-electron chi connectivity index (χ2n) is 3.24. The van der Waals surface area contributed by atoms with Crippen molar-refractivity contribution < 1.29 is 13.6 Å². The van der Waals surface area contributed by atoms with Gasteiger partial charge >= 0.3 is 6.80 Å². The summed E-state index contributed by atoms with van der Waals surface area (Å²) in [7, 11) is 0. The van der Waals surface area contributed by atoms with Crippen molar-refractivity contribution in [2.75, 3.05) is 12.4 Å². The highest BCUT2D eigenvalue weighted by molar-refractivity contribution is 8.55. The molecule has 0 aliphatic carbocycles. The minimum atomic E-state index is -3.10. The zero-order chi connectivity index (χ0) is 12.7. The quantitative estimate of drug-likeness (QED) is 0.662. The predicted molar refractivity (Wildman–Crippen MR) is 74.1 cm³/mol. The van der Waals surface area contributed by atoms with Crippen LogP contribution in [-0.4, -0.2) is 12.4 Å². The third kappa shape index (κ3) is 5.35. The van der Waals surface area contributed by atoms with Crippen molar-refractivity contribution in [1.29, 1.82) is 0 Å². The molecule has 0 saturated heterocycles. The highest BCUT2D eigenvalue weighted by Crippen LogP contribution is 2.60. The zero-order valence-corrected chi connectivity index (χ0v) is 12.4. The number of rotatable bonds is 7. The lowest BCUT2D eigenvalue weighted by Gasteiger charge is -2.17.